The number of nitrogens with zero attached hydrogens (tertiary/aromatic N) is 2. The number of urea groups is 1. The van der Waals surface area contributed by atoms with Gasteiger partial charge < -0.3 is 10.2 Å². The summed E-state index contributed by atoms with van der Waals surface area (Å²) in [6, 6.07) is 8.46. The second-order valence-corrected chi connectivity index (χ2v) is 5.67. The molecule has 0 spiro atoms. The van der Waals surface area contributed by atoms with E-state index in [-0.39, 0.29) is 6.03 Å². The minimum Gasteiger partial charge on any atom is -0.319 e. The van der Waals surface area contributed by atoms with E-state index in [1.54, 1.807) is 0 Å². The number of fused-ring (bicyclic) bond motifs is 1. The average Bonchev–Trinajstić information content (AvgIpc) is 2.41. The zero-order valence-corrected chi connectivity index (χ0v) is 11.7. The highest BCUT2D eigenvalue weighted by Crippen LogP contribution is 2.25. The lowest BCUT2D eigenvalue weighted by Crippen LogP contribution is -2.61. The fourth-order valence-corrected chi connectivity index (χ4v) is 2.92. The smallest absolute Gasteiger partial charge is 0.319 e. The summed E-state index contributed by atoms with van der Waals surface area (Å²) in [6.45, 7) is 3.45. The van der Waals surface area contributed by atoms with E-state index in [4.69, 9.17) is 0 Å². The number of hydrogen-bond acceptors (Lipinski definition) is 2. The highest BCUT2D eigenvalue weighted by molar-refractivity contribution is 9.10. The van der Waals surface area contributed by atoms with E-state index in [0.29, 0.717) is 6.04 Å². The third kappa shape index (κ3) is 2.12. The molecule has 1 aromatic carbocycles. The third-order valence-corrected chi connectivity index (χ3v) is 4.18. The molecule has 1 unspecified atom stereocenters. The third-order valence-electron chi connectivity index (χ3n) is 3.65. The summed E-state index contributed by atoms with van der Waals surface area (Å²) in [5.41, 5.74) is 0.986. The van der Waals surface area contributed by atoms with Crippen LogP contribution in [0.2, 0.25) is 0 Å². The molecule has 0 aromatic heterocycles. The molecule has 2 heterocycles. The Morgan fingerprint density at radius 1 is 1.22 bits per heavy atom. The fraction of sp³-hybridized carbons (Fsp3) is 0.462. The highest BCUT2D eigenvalue weighted by Gasteiger charge is 2.35. The van der Waals surface area contributed by atoms with Crippen LogP contribution < -0.4 is 10.2 Å². The van der Waals surface area contributed by atoms with Crippen molar-refractivity contribution >= 4 is 27.6 Å². The van der Waals surface area contributed by atoms with Gasteiger partial charge in [0, 0.05) is 42.4 Å². The molecular weight excluding hydrogens is 294 g/mol. The first-order valence-electron chi connectivity index (χ1n) is 6.30. The van der Waals surface area contributed by atoms with Crippen LogP contribution in [0.4, 0.5) is 10.5 Å². The number of anilines is 1. The number of amides is 2. The SMILES string of the molecule is O=C1N(c2ccc(Br)cc2)CCC2CNCCN12. The van der Waals surface area contributed by atoms with Crippen LogP contribution in [0.1, 0.15) is 6.42 Å². The van der Waals surface area contributed by atoms with Gasteiger partial charge in [0.15, 0.2) is 0 Å². The lowest BCUT2D eigenvalue weighted by molar-refractivity contribution is 0.147. The second-order valence-electron chi connectivity index (χ2n) is 4.75. The Morgan fingerprint density at radius 2 is 2.00 bits per heavy atom. The van der Waals surface area contributed by atoms with Crippen LogP contribution >= 0.6 is 15.9 Å². The molecule has 2 fully saturated rings. The lowest BCUT2D eigenvalue weighted by Gasteiger charge is -2.44. The first-order chi connectivity index (χ1) is 8.75. The number of piperazine rings is 1. The van der Waals surface area contributed by atoms with E-state index in [1.807, 2.05) is 34.1 Å². The van der Waals surface area contributed by atoms with Gasteiger partial charge in [0.2, 0.25) is 0 Å². The van der Waals surface area contributed by atoms with Crippen molar-refractivity contribution in [3.8, 4) is 0 Å². The second kappa shape index (κ2) is 4.90. The molecule has 3 rings (SSSR count). The van der Waals surface area contributed by atoms with E-state index >= 15 is 0 Å². The van der Waals surface area contributed by atoms with Gasteiger partial charge in [-0.15, -0.1) is 0 Å². The fourth-order valence-electron chi connectivity index (χ4n) is 2.66. The maximum atomic E-state index is 12.5. The normalized spacial score (nSPS) is 24.1. The van der Waals surface area contributed by atoms with Crippen LogP contribution in [0.3, 0.4) is 0 Å². The molecule has 5 heteroatoms. The van der Waals surface area contributed by atoms with Crippen LogP contribution in [-0.2, 0) is 0 Å². The number of benzene rings is 1. The van der Waals surface area contributed by atoms with Gasteiger partial charge in [-0.2, -0.15) is 0 Å². The molecule has 4 nitrogen and oxygen atoms in total. The molecule has 1 N–H and O–H groups in total. The predicted octanol–water partition coefficient (Wildman–Crippen LogP) is 2.05. The molecular formula is C13H16BrN3O. The molecule has 2 aliphatic heterocycles. The van der Waals surface area contributed by atoms with Crippen molar-refractivity contribution in [1.82, 2.24) is 10.2 Å². The number of hydrogen-bond donors (Lipinski definition) is 1. The van der Waals surface area contributed by atoms with Crippen molar-refractivity contribution in [2.75, 3.05) is 31.1 Å². The minimum atomic E-state index is 0.148. The maximum Gasteiger partial charge on any atom is 0.324 e. The zero-order valence-electron chi connectivity index (χ0n) is 10.1. The van der Waals surface area contributed by atoms with Gasteiger partial charge in [-0.05, 0) is 30.7 Å². The largest absolute Gasteiger partial charge is 0.324 e. The number of halogens is 1. The monoisotopic (exact) mass is 309 g/mol. The minimum absolute atomic E-state index is 0.148. The Labute approximate surface area is 115 Å². The molecule has 2 saturated heterocycles. The van der Waals surface area contributed by atoms with E-state index in [2.05, 4.69) is 21.2 Å². The van der Waals surface area contributed by atoms with Crippen molar-refractivity contribution in [1.29, 1.82) is 0 Å². The zero-order chi connectivity index (χ0) is 12.5. The molecule has 0 bridgehead atoms. The summed E-state index contributed by atoms with van der Waals surface area (Å²) in [5, 5.41) is 3.35. The Bertz CT molecular complexity index is 448. The van der Waals surface area contributed by atoms with E-state index in [1.165, 1.54) is 0 Å². The molecule has 0 radical (unpaired) electrons. The molecule has 18 heavy (non-hydrogen) atoms. The van der Waals surface area contributed by atoms with Crippen LogP contribution in [0, 0.1) is 0 Å². The first kappa shape index (κ1) is 12.0. The van der Waals surface area contributed by atoms with Gasteiger partial charge in [-0.3, -0.25) is 4.90 Å². The number of carbonyl (C=O) groups is 1. The number of carbonyl (C=O) groups excluding carboxylic acids is 1. The van der Waals surface area contributed by atoms with Crippen LogP contribution in [-0.4, -0.2) is 43.2 Å². The summed E-state index contributed by atoms with van der Waals surface area (Å²) < 4.78 is 1.04. The van der Waals surface area contributed by atoms with E-state index in [9.17, 15) is 4.79 Å². The molecule has 1 atom stereocenters. The van der Waals surface area contributed by atoms with E-state index < -0.39 is 0 Å². The van der Waals surface area contributed by atoms with Gasteiger partial charge in [0.1, 0.15) is 0 Å². The first-order valence-corrected chi connectivity index (χ1v) is 7.09. The topological polar surface area (TPSA) is 35.6 Å². The van der Waals surface area contributed by atoms with Crippen LogP contribution in [0.25, 0.3) is 0 Å². The van der Waals surface area contributed by atoms with Crippen molar-refractivity contribution in [2.45, 2.75) is 12.5 Å². The summed E-state index contributed by atoms with van der Waals surface area (Å²) in [7, 11) is 0. The van der Waals surface area contributed by atoms with Gasteiger partial charge in [-0.25, -0.2) is 4.79 Å². The Balaban J connectivity index is 1.81. The molecule has 0 saturated carbocycles. The van der Waals surface area contributed by atoms with Gasteiger partial charge in [0.05, 0.1) is 0 Å². The Kier molecular flexibility index (Phi) is 3.26. The summed E-state index contributed by atoms with van der Waals surface area (Å²) in [6.07, 6.45) is 1.04. The molecule has 2 amide bonds. The van der Waals surface area contributed by atoms with Crippen LogP contribution in [0.15, 0.2) is 28.7 Å². The van der Waals surface area contributed by atoms with Crippen LogP contribution in [0.5, 0.6) is 0 Å². The standard InChI is InChI=1S/C13H16BrN3O/c14-10-1-3-11(4-2-10)16-7-5-12-9-15-6-8-17(12)13(16)18/h1-4,12,15H,5-9H2. The van der Waals surface area contributed by atoms with Crippen molar-refractivity contribution in [3.63, 3.8) is 0 Å². The lowest BCUT2D eigenvalue weighted by atomic mass is 10.1. The van der Waals surface area contributed by atoms with Gasteiger partial charge >= 0.3 is 6.03 Å². The predicted molar refractivity (Wildman–Crippen MR) is 74.9 cm³/mol. The molecule has 96 valence electrons. The average molecular weight is 310 g/mol. The summed E-state index contributed by atoms with van der Waals surface area (Å²) in [4.78, 5) is 16.3. The summed E-state index contributed by atoms with van der Waals surface area (Å²) in [5.74, 6) is 0. The van der Waals surface area contributed by atoms with Crippen molar-refractivity contribution in [3.05, 3.63) is 28.7 Å². The van der Waals surface area contributed by atoms with Crippen molar-refractivity contribution < 1.29 is 4.79 Å². The van der Waals surface area contributed by atoms with Gasteiger partial charge in [-0.1, -0.05) is 15.9 Å². The highest BCUT2D eigenvalue weighted by atomic mass is 79.9. The Hall–Kier alpha value is -1.07. The summed E-state index contributed by atoms with van der Waals surface area (Å²) >= 11 is 3.42. The van der Waals surface area contributed by atoms with Crippen molar-refractivity contribution in [2.24, 2.45) is 0 Å². The number of nitrogens with one attached hydrogen (secondary N) is 1. The van der Waals surface area contributed by atoms with E-state index in [0.717, 1.165) is 42.8 Å². The molecule has 2 aliphatic rings. The molecule has 1 aromatic rings. The molecule has 0 aliphatic carbocycles. The Morgan fingerprint density at radius 3 is 2.78 bits per heavy atom. The van der Waals surface area contributed by atoms with Gasteiger partial charge in [0.25, 0.3) is 0 Å². The quantitative estimate of drug-likeness (QED) is 0.862. The number of rotatable bonds is 1. The maximum absolute atomic E-state index is 12.5.